The molecule has 26 heavy (non-hydrogen) atoms. The average Bonchev–Trinajstić information content (AvgIpc) is 3.05. The number of hydrogen-bond donors (Lipinski definition) is 2. The molecule has 0 unspecified atom stereocenters. The van der Waals surface area contributed by atoms with Crippen LogP contribution in [0.5, 0.6) is 0 Å². The second-order valence-electron chi connectivity index (χ2n) is 6.47. The number of nitrogens with zero attached hydrogens (tertiary/aromatic N) is 3. The number of aromatic amines is 1. The van der Waals surface area contributed by atoms with E-state index >= 15 is 0 Å². The number of piperazine rings is 1. The molecule has 0 radical (unpaired) electrons. The van der Waals surface area contributed by atoms with Gasteiger partial charge >= 0.3 is 6.18 Å². The molecule has 1 fully saturated rings. The lowest BCUT2D eigenvalue weighted by molar-refractivity contribution is -0.138. The van der Waals surface area contributed by atoms with E-state index in [1.54, 1.807) is 4.90 Å². The van der Waals surface area contributed by atoms with E-state index in [9.17, 15) is 18.0 Å². The van der Waals surface area contributed by atoms with E-state index in [0.717, 1.165) is 49.2 Å². The first-order valence-electron chi connectivity index (χ1n) is 8.41. The van der Waals surface area contributed by atoms with Crippen molar-refractivity contribution in [1.29, 1.82) is 0 Å². The van der Waals surface area contributed by atoms with Gasteiger partial charge in [0, 0.05) is 45.0 Å². The zero-order valence-electron chi connectivity index (χ0n) is 13.9. The van der Waals surface area contributed by atoms with Gasteiger partial charge in [-0.2, -0.15) is 18.3 Å². The normalized spacial score (nSPS) is 17.5. The molecule has 9 heteroatoms. The molecular weight excluding hydrogens is 347 g/mol. The third kappa shape index (κ3) is 2.92. The highest BCUT2D eigenvalue weighted by atomic mass is 19.4. The molecular formula is C17H18F3N5O. The Kier molecular flexibility index (Phi) is 4.10. The van der Waals surface area contributed by atoms with Gasteiger partial charge in [-0.3, -0.25) is 4.79 Å². The molecule has 3 heterocycles. The molecule has 2 N–H and O–H groups in total. The van der Waals surface area contributed by atoms with Gasteiger partial charge in [0.15, 0.2) is 0 Å². The number of fused-ring (bicyclic) bond motifs is 1. The molecule has 1 aromatic carbocycles. The first kappa shape index (κ1) is 16.9. The number of nitrogens with one attached hydrogen (secondary N) is 2. The van der Waals surface area contributed by atoms with Crippen LogP contribution in [0, 0.1) is 0 Å². The summed E-state index contributed by atoms with van der Waals surface area (Å²) in [7, 11) is 0. The van der Waals surface area contributed by atoms with Crippen molar-refractivity contribution in [3.63, 3.8) is 0 Å². The molecule has 0 bridgehead atoms. The second kappa shape index (κ2) is 6.31. The van der Waals surface area contributed by atoms with Gasteiger partial charge in [0.1, 0.15) is 5.56 Å². The third-order valence-electron chi connectivity index (χ3n) is 4.88. The number of aromatic nitrogens is 2. The average molecular weight is 365 g/mol. The lowest BCUT2D eigenvalue weighted by atomic mass is 10.1. The number of hydrogen-bond acceptors (Lipinski definition) is 5. The van der Waals surface area contributed by atoms with Crippen LogP contribution in [0.3, 0.4) is 0 Å². The SMILES string of the molecule is O=c1[nH]ncc(N2Cc3cccc(N4CCNCC4)c3C2)c1C(F)(F)F. The van der Waals surface area contributed by atoms with E-state index in [0.29, 0.717) is 13.1 Å². The number of anilines is 2. The van der Waals surface area contributed by atoms with Crippen molar-refractivity contribution in [2.24, 2.45) is 0 Å². The topological polar surface area (TPSA) is 64.3 Å². The monoisotopic (exact) mass is 365 g/mol. The molecule has 2 aromatic rings. The van der Waals surface area contributed by atoms with Crippen LogP contribution in [-0.4, -0.2) is 36.4 Å². The molecule has 2 aliphatic heterocycles. The summed E-state index contributed by atoms with van der Waals surface area (Å²) in [4.78, 5) is 15.6. The number of rotatable bonds is 2. The largest absolute Gasteiger partial charge is 0.423 e. The molecule has 0 aliphatic carbocycles. The summed E-state index contributed by atoms with van der Waals surface area (Å²) in [6, 6.07) is 5.86. The molecule has 0 amide bonds. The molecule has 4 rings (SSSR count). The Morgan fingerprint density at radius 3 is 2.54 bits per heavy atom. The molecule has 1 saturated heterocycles. The molecule has 138 valence electrons. The Morgan fingerprint density at radius 2 is 1.81 bits per heavy atom. The number of benzene rings is 1. The van der Waals surface area contributed by atoms with Gasteiger partial charge in [0.05, 0.1) is 11.9 Å². The second-order valence-corrected chi connectivity index (χ2v) is 6.47. The summed E-state index contributed by atoms with van der Waals surface area (Å²) in [6.45, 7) is 4.12. The fourth-order valence-electron chi connectivity index (χ4n) is 3.68. The highest BCUT2D eigenvalue weighted by Crippen LogP contribution is 2.39. The Morgan fingerprint density at radius 1 is 1.04 bits per heavy atom. The molecule has 0 atom stereocenters. The van der Waals surface area contributed by atoms with Gasteiger partial charge < -0.3 is 15.1 Å². The van der Waals surface area contributed by atoms with Crippen LogP contribution in [-0.2, 0) is 19.3 Å². The van der Waals surface area contributed by atoms with Crippen molar-refractivity contribution in [2.75, 3.05) is 36.0 Å². The highest BCUT2D eigenvalue weighted by Gasteiger charge is 2.39. The quantitative estimate of drug-likeness (QED) is 0.849. The summed E-state index contributed by atoms with van der Waals surface area (Å²) < 4.78 is 40.1. The minimum atomic E-state index is -4.73. The molecule has 2 aliphatic rings. The lowest BCUT2D eigenvalue weighted by Gasteiger charge is -2.31. The zero-order chi connectivity index (χ0) is 18.3. The van der Waals surface area contributed by atoms with Crippen LogP contribution < -0.4 is 20.7 Å². The molecule has 0 spiro atoms. The van der Waals surface area contributed by atoms with E-state index in [4.69, 9.17) is 0 Å². The Labute approximate surface area is 147 Å². The minimum absolute atomic E-state index is 0.177. The van der Waals surface area contributed by atoms with E-state index < -0.39 is 17.3 Å². The van der Waals surface area contributed by atoms with E-state index in [1.165, 1.54) is 0 Å². The van der Waals surface area contributed by atoms with Crippen molar-refractivity contribution in [2.45, 2.75) is 19.3 Å². The van der Waals surface area contributed by atoms with E-state index in [2.05, 4.69) is 15.3 Å². The van der Waals surface area contributed by atoms with Crippen LogP contribution >= 0.6 is 0 Å². The summed E-state index contributed by atoms with van der Waals surface area (Å²) in [5.41, 5.74) is 0.469. The van der Waals surface area contributed by atoms with Gasteiger partial charge in [0.2, 0.25) is 0 Å². The number of alkyl halides is 3. The van der Waals surface area contributed by atoms with Gasteiger partial charge in [-0.1, -0.05) is 12.1 Å². The molecule has 1 aromatic heterocycles. The van der Waals surface area contributed by atoms with E-state index in [1.807, 2.05) is 23.3 Å². The molecule has 6 nitrogen and oxygen atoms in total. The maximum atomic E-state index is 13.4. The number of H-pyrrole nitrogens is 1. The third-order valence-corrected chi connectivity index (χ3v) is 4.88. The van der Waals surface area contributed by atoms with Gasteiger partial charge in [0.25, 0.3) is 5.56 Å². The highest BCUT2D eigenvalue weighted by molar-refractivity contribution is 5.64. The minimum Gasteiger partial charge on any atom is -0.369 e. The maximum Gasteiger partial charge on any atom is 0.423 e. The van der Waals surface area contributed by atoms with E-state index in [-0.39, 0.29) is 5.69 Å². The van der Waals surface area contributed by atoms with Crippen molar-refractivity contribution >= 4 is 11.4 Å². The number of halogens is 3. The Bertz CT molecular complexity index is 873. The van der Waals surface area contributed by atoms with Crippen LogP contribution in [0.1, 0.15) is 16.7 Å². The predicted octanol–water partition coefficient (Wildman–Crippen LogP) is 1.72. The summed E-state index contributed by atoms with van der Waals surface area (Å²) >= 11 is 0. The van der Waals surface area contributed by atoms with Crippen molar-refractivity contribution in [1.82, 2.24) is 15.5 Å². The summed E-state index contributed by atoms with van der Waals surface area (Å²) in [5.74, 6) is 0. The summed E-state index contributed by atoms with van der Waals surface area (Å²) in [5, 5.41) is 8.76. The van der Waals surface area contributed by atoms with Crippen LogP contribution in [0.15, 0.2) is 29.2 Å². The van der Waals surface area contributed by atoms with Crippen molar-refractivity contribution < 1.29 is 13.2 Å². The van der Waals surface area contributed by atoms with Gasteiger partial charge in [-0.25, -0.2) is 5.10 Å². The standard InChI is InChI=1S/C17H18F3N5O/c18-17(19,20)15-14(8-22-23-16(15)26)25-9-11-2-1-3-13(12(11)10-25)24-6-4-21-5-7-24/h1-3,8,21H,4-7,9-10H2,(H,23,26). The Hall–Kier alpha value is -2.55. The zero-order valence-corrected chi connectivity index (χ0v) is 13.9. The van der Waals surface area contributed by atoms with Gasteiger partial charge in [-0.05, 0) is 17.2 Å². The van der Waals surface area contributed by atoms with Crippen molar-refractivity contribution in [3.05, 3.63) is 51.4 Å². The maximum absolute atomic E-state index is 13.4. The first-order valence-corrected chi connectivity index (χ1v) is 8.41. The lowest BCUT2D eigenvalue weighted by Crippen LogP contribution is -2.43. The Balaban J connectivity index is 1.70. The van der Waals surface area contributed by atoms with Gasteiger partial charge in [-0.15, -0.1) is 0 Å². The van der Waals surface area contributed by atoms with Crippen LogP contribution in [0.4, 0.5) is 24.5 Å². The summed E-state index contributed by atoms with van der Waals surface area (Å²) in [6.07, 6.45) is -3.65. The first-order chi connectivity index (χ1) is 12.4. The smallest absolute Gasteiger partial charge is 0.369 e. The molecule has 0 saturated carbocycles. The fourth-order valence-corrected chi connectivity index (χ4v) is 3.68. The fraction of sp³-hybridized carbons (Fsp3) is 0.412. The van der Waals surface area contributed by atoms with Crippen LogP contribution in [0.2, 0.25) is 0 Å². The van der Waals surface area contributed by atoms with Crippen molar-refractivity contribution in [3.8, 4) is 0 Å². The predicted molar refractivity (Wildman–Crippen MR) is 91.3 cm³/mol. The van der Waals surface area contributed by atoms with Crippen LogP contribution in [0.25, 0.3) is 0 Å².